The number of esters is 1. The van der Waals surface area contributed by atoms with Gasteiger partial charge in [0.2, 0.25) is 0 Å². The van der Waals surface area contributed by atoms with Crippen LogP contribution < -0.4 is 5.56 Å². The molecule has 0 aliphatic carbocycles. The van der Waals surface area contributed by atoms with E-state index in [2.05, 4.69) is 0 Å². The number of aryl methyl sites for hydroxylation is 1. The van der Waals surface area contributed by atoms with Gasteiger partial charge in [-0.2, -0.15) is 0 Å². The fraction of sp³-hybridized carbons (Fsp3) is 0.375. The zero-order valence-corrected chi connectivity index (χ0v) is 18.3. The lowest BCUT2D eigenvalue weighted by atomic mass is 9.86. The maximum atomic E-state index is 13.7. The molecule has 2 aliphatic heterocycles. The first-order valence-electron chi connectivity index (χ1n) is 10.9. The Morgan fingerprint density at radius 1 is 1.27 bits per heavy atom. The summed E-state index contributed by atoms with van der Waals surface area (Å²) in [6.07, 6.45) is -0.238. The van der Waals surface area contributed by atoms with Crippen LogP contribution in [0.1, 0.15) is 48.8 Å². The van der Waals surface area contributed by atoms with Gasteiger partial charge in [-0.15, -0.1) is 0 Å². The summed E-state index contributed by atoms with van der Waals surface area (Å²) in [6.45, 7) is 3.11. The predicted molar refractivity (Wildman–Crippen MR) is 118 cm³/mol. The second-order valence-corrected chi connectivity index (χ2v) is 8.24. The number of ether oxygens (including phenoxy) is 2. The van der Waals surface area contributed by atoms with Crippen molar-refractivity contribution in [3.05, 3.63) is 56.9 Å². The van der Waals surface area contributed by atoms with E-state index in [-0.39, 0.29) is 43.1 Å². The van der Waals surface area contributed by atoms with Crippen molar-refractivity contribution in [3.63, 3.8) is 0 Å². The molecule has 2 aliphatic rings. The summed E-state index contributed by atoms with van der Waals surface area (Å²) in [5.74, 6) is -0.692. The topological polar surface area (TPSA) is 131 Å². The fourth-order valence-electron chi connectivity index (χ4n) is 4.91. The summed E-state index contributed by atoms with van der Waals surface area (Å²) < 4.78 is 12.5. The molecule has 2 atom stereocenters. The van der Waals surface area contributed by atoms with E-state index in [0.717, 1.165) is 10.9 Å². The van der Waals surface area contributed by atoms with Gasteiger partial charge in [0.25, 0.3) is 5.56 Å². The van der Waals surface area contributed by atoms with Gasteiger partial charge >= 0.3 is 5.97 Å². The van der Waals surface area contributed by atoms with Crippen molar-refractivity contribution in [2.24, 2.45) is 0 Å². The van der Waals surface area contributed by atoms with Gasteiger partial charge in [-0.05, 0) is 42.7 Å². The van der Waals surface area contributed by atoms with Gasteiger partial charge in [-0.25, -0.2) is 9.78 Å². The number of rotatable bonds is 5. The van der Waals surface area contributed by atoms with Crippen LogP contribution in [0.3, 0.4) is 0 Å². The number of aliphatic hydroxyl groups is 2. The Hall–Kier alpha value is -3.27. The minimum Gasteiger partial charge on any atom is -0.508 e. The van der Waals surface area contributed by atoms with Gasteiger partial charge in [-0.3, -0.25) is 9.36 Å². The molecule has 0 saturated carbocycles. The highest BCUT2D eigenvalue weighted by Crippen LogP contribution is 2.45. The molecular weight excluding hydrogens is 428 g/mol. The molecular formula is C24H24N2O7. The quantitative estimate of drug-likeness (QED) is 0.500. The summed E-state index contributed by atoms with van der Waals surface area (Å²) in [5, 5.41) is 31.3. The fourth-order valence-corrected chi connectivity index (χ4v) is 4.91. The molecule has 0 radical (unpaired) electrons. The Labute approximate surface area is 188 Å². The van der Waals surface area contributed by atoms with Crippen LogP contribution in [0, 0.1) is 0 Å². The second-order valence-electron chi connectivity index (χ2n) is 8.24. The predicted octanol–water partition coefficient (Wildman–Crippen LogP) is 1.86. The van der Waals surface area contributed by atoms with E-state index in [4.69, 9.17) is 14.5 Å². The van der Waals surface area contributed by atoms with Crippen LogP contribution in [0.4, 0.5) is 0 Å². The third-order valence-corrected chi connectivity index (χ3v) is 6.55. The number of nitrogens with zero attached hydrogens (tertiary/aromatic N) is 2. The highest BCUT2D eigenvalue weighted by molar-refractivity contribution is 5.90. The number of cyclic esters (lactones) is 1. The van der Waals surface area contributed by atoms with E-state index in [1.807, 2.05) is 6.92 Å². The van der Waals surface area contributed by atoms with E-state index < -0.39 is 23.4 Å². The summed E-state index contributed by atoms with van der Waals surface area (Å²) in [6, 6.07) is 6.50. The monoisotopic (exact) mass is 452 g/mol. The Balaban J connectivity index is 1.87. The van der Waals surface area contributed by atoms with Crippen LogP contribution in [-0.4, -0.2) is 44.1 Å². The van der Waals surface area contributed by atoms with E-state index >= 15 is 0 Å². The van der Waals surface area contributed by atoms with Gasteiger partial charge < -0.3 is 24.8 Å². The summed E-state index contributed by atoms with van der Waals surface area (Å²) >= 11 is 0. The van der Waals surface area contributed by atoms with Gasteiger partial charge in [0.15, 0.2) is 11.8 Å². The Bertz CT molecular complexity index is 1360. The lowest BCUT2D eigenvalue weighted by molar-refractivity contribution is -0.172. The lowest BCUT2D eigenvalue weighted by Gasteiger charge is -2.32. The number of carbonyl (C=O) groups excluding carboxylic acids is 1. The van der Waals surface area contributed by atoms with Crippen LogP contribution in [0.2, 0.25) is 0 Å². The smallest absolute Gasteiger partial charge is 0.343 e. The highest BCUT2D eigenvalue weighted by Gasteiger charge is 2.46. The number of phenolic OH excluding ortho intramolecular Hbond substituents is 1. The van der Waals surface area contributed by atoms with Crippen molar-refractivity contribution < 1.29 is 29.6 Å². The van der Waals surface area contributed by atoms with E-state index in [0.29, 0.717) is 28.9 Å². The normalized spacial score (nSPS) is 21.0. The molecule has 0 bridgehead atoms. The van der Waals surface area contributed by atoms with Crippen LogP contribution in [0.5, 0.6) is 5.75 Å². The molecule has 4 heterocycles. The number of benzene rings is 1. The highest BCUT2D eigenvalue weighted by atomic mass is 16.6. The summed E-state index contributed by atoms with van der Waals surface area (Å²) in [5.41, 5.74) is 1.11. The zero-order chi connectivity index (χ0) is 23.5. The van der Waals surface area contributed by atoms with Crippen molar-refractivity contribution in [3.8, 4) is 17.1 Å². The molecule has 0 saturated heterocycles. The molecule has 2 aromatic heterocycles. The van der Waals surface area contributed by atoms with Gasteiger partial charge in [-0.1, -0.05) is 13.8 Å². The van der Waals surface area contributed by atoms with Crippen LogP contribution >= 0.6 is 0 Å². The van der Waals surface area contributed by atoms with E-state index in [1.165, 1.54) is 4.57 Å². The van der Waals surface area contributed by atoms with Crippen LogP contribution in [0.25, 0.3) is 22.3 Å². The molecule has 1 unspecified atom stereocenters. The molecule has 3 N–H and O–H groups in total. The van der Waals surface area contributed by atoms with Crippen molar-refractivity contribution in [1.29, 1.82) is 0 Å². The standard InChI is InChI=1S/C24H24N2O7/c1-3-13-14-9-12(28)5-6-17(14)25-20-18-10-16-15(11-33-23(30)24(16,31)4-2)21(29)26(18)22(19(13)20)32-8-7-27/h5-6,9-10,22,27-28,31H,3-4,7-8,11H2,1-2H3/t22?,24-/m0/s1. The van der Waals surface area contributed by atoms with Gasteiger partial charge in [0, 0.05) is 16.5 Å². The van der Waals surface area contributed by atoms with Gasteiger partial charge in [0.1, 0.15) is 12.4 Å². The Morgan fingerprint density at radius 2 is 2.06 bits per heavy atom. The second kappa shape index (κ2) is 7.65. The number of hydrogen-bond acceptors (Lipinski definition) is 8. The van der Waals surface area contributed by atoms with Crippen molar-refractivity contribution >= 4 is 16.9 Å². The van der Waals surface area contributed by atoms with E-state index in [9.17, 15) is 24.9 Å². The van der Waals surface area contributed by atoms with Crippen molar-refractivity contribution in [1.82, 2.24) is 9.55 Å². The van der Waals surface area contributed by atoms with Crippen LogP contribution in [-0.2, 0) is 32.9 Å². The number of carbonyl (C=O) groups is 1. The third kappa shape index (κ3) is 2.93. The molecule has 172 valence electrons. The average molecular weight is 452 g/mol. The molecule has 33 heavy (non-hydrogen) atoms. The molecule has 9 nitrogen and oxygen atoms in total. The number of pyridine rings is 2. The zero-order valence-electron chi connectivity index (χ0n) is 18.3. The minimum absolute atomic E-state index is 0.0117. The summed E-state index contributed by atoms with van der Waals surface area (Å²) in [4.78, 5) is 30.8. The van der Waals surface area contributed by atoms with Crippen molar-refractivity contribution in [2.75, 3.05) is 13.2 Å². The van der Waals surface area contributed by atoms with Gasteiger partial charge in [0.05, 0.1) is 35.7 Å². The Kier molecular flexibility index (Phi) is 5.00. The van der Waals surface area contributed by atoms with Crippen molar-refractivity contribution in [2.45, 2.75) is 45.1 Å². The number of hydrogen-bond donors (Lipinski definition) is 3. The Morgan fingerprint density at radius 3 is 2.76 bits per heavy atom. The van der Waals surface area contributed by atoms with Crippen LogP contribution in [0.15, 0.2) is 29.1 Å². The first kappa shape index (κ1) is 21.6. The lowest BCUT2D eigenvalue weighted by Crippen LogP contribution is -2.44. The number of aromatic hydroxyl groups is 1. The maximum Gasteiger partial charge on any atom is 0.343 e. The largest absolute Gasteiger partial charge is 0.508 e. The number of aliphatic hydroxyl groups excluding tert-OH is 1. The van der Waals surface area contributed by atoms with E-state index in [1.54, 1.807) is 31.2 Å². The molecule has 3 aromatic rings. The molecule has 0 amide bonds. The average Bonchev–Trinajstić information content (AvgIpc) is 3.12. The molecule has 9 heteroatoms. The third-order valence-electron chi connectivity index (χ3n) is 6.55. The minimum atomic E-state index is -1.93. The number of fused-ring (bicyclic) bond motifs is 5. The first-order chi connectivity index (χ1) is 15.8. The number of phenols is 1. The molecule has 0 fully saturated rings. The SMILES string of the molecule is CCc1c2c(nc3ccc(O)cc13)-c1cc3c(c(=O)n1C2OCCO)COC(=O)[C@]3(O)CC. The number of aromatic nitrogens is 2. The maximum absolute atomic E-state index is 13.7. The first-order valence-corrected chi connectivity index (χ1v) is 10.9. The molecule has 5 rings (SSSR count). The summed E-state index contributed by atoms with van der Waals surface area (Å²) in [7, 11) is 0. The molecule has 1 aromatic carbocycles. The molecule has 0 spiro atoms.